The van der Waals surface area contributed by atoms with E-state index in [2.05, 4.69) is 10.3 Å². The molecular weight excluding hydrogens is 411 g/mol. The number of carbonyl (C=O) groups excluding carboxylic acids is 1. The third-order valence-electron chi connectivity index (χ3n) is 5.10. The first kappa shape index (κ1) is 19.8. The van der Waals surface area contributed by atoms with Crippen molar-refractivity contribution in [2.75, 3.05) is 19.6 Å². The number of amides is 1. The molecule has 0 bridgehead atoms. The minimum absolute atomic E-state index is 0.0806. The maximum Gasteiger partial charge on any atom is 0.416 e. The SMILES string of the molecule is O=C1CCCN1Cc1cn(C2CN(S(=O)(=O)c3ccc(C(F)(F)F)cc3)C2)nn1. The van der Waals surface area contributed by atoms with Crippen LogP contribution in [0, 0.1) is 0 Å². The molecule has 8 nitrogen and oxygen atoms in total. The molecule has 0 radical (unpaired) electrons. The van der Waals surface area contributed by atoms with Crippen molar-refractivity contribution in [2.45, 2.75) is 36.5 Å². The fourth-order valence-corrected chi connectivity index (χ4v) is 4.89. The van der Waals surface area contributed by atoms with Crippen molar-refractivity contribution < 1.29 is 26.4 Å². The van der Waals surface area contributed by atoms with E-state index in [-0.39, 0.29) is 29.9 Å². The maximum atomic E-state index is 12.6. The van der Waals surface area contributed by atoms with Crippen molar-refractivity contribution in [3.05, 3.63) is 41.7 Å². The second-order valence-corrected chi connectivity index (χ2v) is 9.04. The van der Waals surface area contributed by atoms with Crippen LogP contribution < -0.4 is 0 Å². The van der Waals surface area contributed by atoms with Gasteiger partial charge < -0.3 is 4.90 Å². The molecule has 156 valence electrons. The summed E-state index contributed by atoms with van der Waals surface area (Å²) < 4.78 is 65.8. The average Bonchev–Trinajstić information content (AvgIpc) is 3.23. The number of carbonyl (C=O) groups is 1. The van der Waals surface area contributed by atoms with Crippen LogP contribution in [0.4, 0.5) is 13.2 Å². The Balaban J connectivity index is 1.38. The fraction of sp³-hybridized carbons (Fsp3) is 0.471. The summed E-state index contributed by atoms with van der Waals surface area (Å²) in [5, 5.41) is 8.06. The molecule has 1 aromatic carbocycles. The number of aromatic nitrogens is 3. The Kier molecular flexibility index (Phi) is 4.85. The molecule has 2 fully saturated rings. The van der Waals surface area contributed by atoms with Gasteiger partial charge in [0.25, 0.3) is 0 Å². The summed E-state index contributed by atoms with van der Waals surface area (Å²) in [6.07, 6.45) is -1.47. The summed E-state index contributed by atoms with van der Waals surface area (Å²) in [5.74, 6) is 0.0806. The molecule has 2 aliphatic rings. The van der Waals surface area contributed by atoms with E-state index in [9.17, 15) is 26.4 Å². The normalized spacial score (nSPS) is 19.0. The van der Waals surface area contributed by atoms with Crippen LogP contribution in [-0.4, -0.2) is 58.2 Å². The third-order valence-corrected chi connectivity index (χ3v) is 6.95. The Morgan fingerprint density at radius 1 is 1.14 bits per heavy atom. The molecule has 0 saturated carbocycles. The topological polar surface area (TPSA) is 88.4 Å². The Morgan fingerprint density at radius 2 is 1.83 bits per heavy atom. The number of rotatable bonds is 5. The number of halogens is 3. The average molecular weight is 429 g/mol. The van der Waals surface area contributed by atoms with Crippen molar-refractivity contribution in [1.82, 2.24) is 24.2 Å². The van der Waals surface area contributed by atoms with Gasteiger partial charge in [-0.3, -0.25) is 4.79 Å². The first-order valence-corrected chi connectivity index (χ1v) is 10.4. The summed E-state index contributed by atoms with van der Waals surface area (Å²) in [5.41, 5.74) is -0.270. The van der Waals surface area contributed by atoms with Gasteiger partial charge in [-0.25, -0.2) is 13.1 Å². The lowest BCUT2D eigenvalue weighted by Crippen LogP contribution is -2.50. The molecular formula is C17H18F3N5O3S. The quantitative estimate of drug-likeness (QED) is 0.722. The summed E-state index contributed by atoms with van der Waals surface area (Å²) in [6.45, 7) is 1.36. The Hall–Kier alpha value is -2.47. The van der Waals surface area contributed by atoms with E-state index in [1.807, 2.05) is 0 Å². The van der Waals surface area contributed by atoms with Gasteiger partial charge in [-0.1, -0.05) is 5.21 Å². The molecule has 12 heteroatoms. The molecule has 2 aromatic rings. The smallest absolute Gasteiger partial charge is 0.337 e. The van der Waals surface area contributed by atoms with Crippen LogP contribution in [-0.2, 0) is 27.5 Å². The fourth-order valence-electron chi connectivity index (χ4n) is 3.38. The molecule has 1 aromatic heterocycles. The predicted octanol–water partition coefficient (Wildman–Crippen LogP) is 1.66. The molecule has 1 amide bonds. The van der Waals surface area contributed by atoms with Crippen LogP contribution in [0.3, 0.4) is 0 Å². The first-order valence-electron chi connectivity index (χ1n) is 9.00. The second kappa shape index (κ2) is 7.10. The van der Waals surface area contributed by atoms with Crippen molar-refractivity contribution in [3.8, 4) is 0 Å². The molecule has 29 heavy (non-hydrogen) atoms. The van der Waals surface area contributed by atoms with E-state index < -0.39 is 21.8 Å². The molecule has 0 atom stereocenters. The summed E-state index contributed by atoms with van der Waals surface area (Å²) >= 11 is 0. The van der Waals surface area contributed by atoms with Gasteiger partial charge in [0.2, 0.25) is 15.9 Å². The highest BCUT2D eigenvalue weighted by molar-refractivity contribution is 7.89. The Morgan fingerprint density at radius 3 is 2.41 bits per heavy atom. The lowest BCUT2D eigenvalue weighted by atomic mass is 10.2. The zero-order valence-electron chi connectivity index (χ0n) is 15.2. The zero-order chi connectivity index (χ0) is 20.8. The van der Waals surface area contributed by atoms with Crippen LogP contribution in [0.2, 0.25) is 0 Å². The molecule has 2 saturated heterocycles. The van der Waals surface area contributed by atoms with Crippen LogP contribution in [0.1, 0.15) is 30.1 Å². The number of sulfonamides is 1. The standard InChI is InChI=1S/C17H18F3N5O3S/c18-17(19,20)12-3-5-15(6-4-12)29(27,28)24-10-14(11-24)25-9-13(21-22-25)8-23-7-1-2-16(23)26/h3-6,9,14H,1-2,7-8,10-11H2. The van der Waals surface area contributed by atoms with E-state index in [1.54, 1.807) is 15.8 Å². The van der Waals surface area contributed by atoms with Crippen molar-refractivity contribution in [3.63, 3.8) is 0 Å². The Bertz CT molecular complexity index is 1010. The number of benzene rings is 1. The molecule has 4 rings (SSSR count). The largest absolute Gasteiger partial charge is 0.416 e. The van der Waals surface area contributed by atoms with Gasteiger partial charge in [-0.05, 0) is 30.7 Å². The summed E-state index contributed by atoms with van der Waals surface area (Å²) in [7, 11) is -3.87. The van der Waals surface area contributed by atoms with Gasteiger partial charge in [-0.2, -0.15) is 17.5 Å². The summed E-state index contributed by atoms with van der Waals surface area (Å²) in [6, 6.07) is 3.23. The van der Waals surface area contributed by atoms with Crippen LogP contribution in [0.15, 0.2) is 35.4 Å². The minimum atomic E-state index is -4.52. The summed E-state index contributed by atoms with van der Waals surface area (Å²) in [4.78, 5) is 13.2. The van der Waals surface area contributed by atoms with Crippen molar-refractivity contribution >= 4 is 15.9 Å². The number of hydrogen-bond acceptors (Lipinski definition) is 5. The van der Waals surface area contributed by atoms with Gasteiger partial charge >= 0.3 is 6.18 Å². The first-order chi connectivity index (χ1) is 13.6. The van der Waals surface area contributed by atoms with E-state index >= 15 is 0 Å². The molecule has 3 heterocycles. The van der Waals surface area contributed by atoms with E-state index in [0.29, 0.717) is 25.2 Å². The van der Waals surface area contributed by atoms with E-state index in [0.717, 1.165) is 30.7 Å². The van der Waals surface area contributed by atoms with Crippen LogP contribution in [0.25, 0.3) is 0 Å². The number of likely N-dealkylation sites (tertiary alicyclic amines) is 1. The highest BCUT2D eigenvalue weighted by atomic mass is 32.2. The van der Waals surface area contributed by atoms with Gasteiger partial charge in [-0.15, -0.1) is 5.10 Å². The molecule has 2 aliphatic heterocycles. The van der Waals surface area contributed by atoms with E-state index in [4.69, 9.17) is 0 Å². The minimum Gasteiger partial charge on any atom is -0.337 e. The highest BCUT2D eigenvalue weighted by Gasteiger charge is 2.39. The number of nitrogens with zero attached hydrogens (tertiary/aromatic N) is 5. The number of hydrogen-bond donors (Lipinski definition) is 0. The predicted molar refractivity (Wildman–Crippen MR) is 93.9 cm³/mol. The molecule has 0 spiro atoms. The zero-order valence-corrected chi connectivity index (χ0v) is 16.0. The van der Waals surface area contributed by atoms with Crippen molar-refractivity contribution in [1.29, 1.82) is 0 Å². The Labute approximate surface area is 164 Å². The maximum absolute atomic E-state index is 12.6. The highest BCUT2D eigenvalue weighted by Crippen LogP contribution is 2.32. The van der Waals surface area contributed by atoms with Crippen molar-refractivity contribution in [2.24, 2.45) is 0 Å². The molecule has 0 aliphatic carbocycles. The monoisotopic (exact) mass is 429 g/mol. The lowest BCUT2D eigenvalue weighted by molar-refractivity contribution is -0.137. The van der Waals surface area contributed by atoms with Crippen LogP contribution in [0.5, 0.6) is 0 Å². The van der Waals surface area contributed by atoms with Gasteiger partial charge in [0.05, 0.1) is 29.2 Å². The number of alkyl halides is 3. The lowest BCUT2D eigenvalue weighted by Gasteiger charge is -2.37. The third kappa shape index (κ3) is 3.86. The second-order valence-electron chi connectivity index (χ2n) is 7.11. The van der Waals surface area contributed by atoms with Gasteiger partial charge in [0, 0.05) is 26.1 Å². The van der Waals surface area contributed by atoms with Crippen LogP contribution >= 0.6 is 0 Å². The van der Waals surface area contributed by atoms with Gasteiger partial charge in [0.1, 0.15) is 5.69 Å². The van der Waals surface area contributed by atoms with E-state index in [1.165, 1.54) is 4.31 Å². The molecule has 0 N–H and O–H groups in total. The van der Waals surface area contributed by atoms with Gasteiger partial charge in [0.15, 0.2) is 0 Å². The molecule has 0 unspecified atom stereocenters.